The summed E-state index contributed by atoms with van der Waals surface area (Å²) in [6.45, 7) is 2.35. The normalized spacial score (nSPS) is 10.3. The average Bonchev–Trinajstić information content (AvgIpc) is 2.52. The molecule has 24 heavy (non-hydrogen) atoms. The smallest absolute Gasteiger partial charge is 0.172 e. The van der Waals surface area contributed by atoms with Crippen LogP contribution >= 0.6 is 28.1 Å². The number of rotatable bonds is 6. The monoisotopic (exact) mass is 416 g/mol. The zero-order valence-electron chi connectivity index (χ0n) is 12.8. The highest BCUT2D eigenvalue weighted by atomic mass is 79.9. The minimum atomic E-state index is -0.643. The lowest BCUT2D eigenvalue weighted by Gasteiger charge is -2.12. The Labute approximate surface area is 151 Å². The number of anilines is 1. The van der Waals surface area contributed by atoms with Crippen molar-refractivity contribution >= 4 is 39.1 Å². The molecule has 2 aromatic rings. The van der Waals surface area contributed by atoms with Gasteiger partial charge in [-0.25, -0.2) is 8.78 Å². The molecule has 0 aliphatic carbocycles. The highest BCUT2D eigenvalue weighted by molar-refractivity contribution is 9.10. The van der Waals surface area contributed by atoms with E-state index in [2.05, 4.69) is 36.8 Å². The number of benzene rings is 1. The molecule has 0 saturated carbocycles. The summed E-state index contributed by atoms with van der Waals surface area (Å²) in [6.07, 6.45) is 1.66. The SMILES string of the molecule is CCOc1cc(F)c(CCNC(=S)Nc2nnccc2Br)c(F)c1. The van der Waals surface area contributed by atoms with Crippen LogP contribution in [0.2, 0.25) is 0 Å². The summed E-state index contributed by atoms with van der Waals surface area (Å²) in [5.74, 6) is -0.658. The predicted octanol–water partition coefficient (Wildman–Crippen LogP) is 3.45. The molecule has 0 aliphatic rings. The van der Waals surface area contributed by atoms with E-state index < -0.39 is 11.6 Å². The summed E-state index contributed by atoms with van der Waals surface area (Å²) in [4.78, 5) is 0. The lowest BCUT2D eigenvalue weighted by Crippen LogP contribution is -2.31. The first-order valence-electron chi connectivity index (χ1n) is 7.14. The van der Waals surface area contributed by atoms with E-state index >= 15 is 0 Å². The average molecular weight is 417 g/mol. The molecule has 1 heterocycles. The van der Waals surface area contributed by atoms with E-state index in [0.29, 0.717) is 16.9 Å². The fraction of sp³-hybridized carbons (Fsp3) is 0.267. The van der Waals surface area contributed by atoms with Gasteiger partial charge in [0.2, 0.25) is 0 Å². The third kappa shape index (κ3) is 5.07. The van der Waals surface area contributed by atoms with Gasteiger partial charge in [0.05, 0.1) is 17.3 Å². The Bertz CT molecular complexity index is 709. The van der Waals surface area contributed by atoms with Crippen LogP contribution in [-0.4, -0.2) is 28.5 Å². The van der Waals surface area contributed by atoms with Crippen LogP contribution in [0.5, 0.6) is 5.75 Å². The van der Waals surface area contributed by atoms with Crippen molar-refractivity contribution < 1.29 is 13.5 Å². The Balaban J connectivity index is 1.90. The number of ether oxygens (including phenoxy) is 1. The van der Waals surface area contributed by atoms with Crippen LogP contribution in [-0.2, 0) is 6.42 Å². The zero-order chi connectivity index (χ0) is 17.5. The van der Waals surface area contributed by atoms with E-state index in [1.807, 2.05) is 0 Å². The van der Waals surface area contributed by atoms with Crippen LogP contribution in [0.3, 0.4) is 0 Å². The maximum absolute atomic E-state index is 13.9. The molecule has 0 fully saturated rings. The lowest BCUT2D eigenvalue weighted by molar-refractivity contribution is 0.335. The van der Waals surface area contributed by atoms with Gasteiger partial charge in [-0.05, 0) is 47.6 Å². The van der Waals surface area contributed by atoms with Crippen molar-refractivity contribution in [2.75, 3.05) is 18.5 Å². The largest absolute Gasteiger partial charge is 0.494 e. The molecule has 0 aliphatic heterocycles. The Morgan fingerprint density at radius 3 is 2.67 bits per heavy atom. The third-order valence-corrected chi connectivity index (χ3v) is 3.88. The number of aromatic nitrogens is 2. The van der Waals surface area contributed by atoms with Crippen molar-refractivity contribution in [1.82, 2.24) is 15.5 Å². The van der Waals surface area contributed by atoms with Crippen molar-refractivity contribution in [3.8, 4) is 5.75 Å². The van der Waals surface area contributed by atoms with E-state index in [1.165, 1.54) is 18.3 Å². The van der Waals surface area contributed by atoms with E-state index in [9.17, 15) is 8.78 Å². The van der Waals surface area contributed by atoms with Gasteiger partial charge in [-0.1, -0.05) is 0 Å². The fourth-order valence-corrected chi connectivity index (χ4v) is 2.42. The van der Waals surface area contributed by atoms with Crippen LogP contribution in [0.4, 0.5) is 14.6 Å². The second-order valence-electron chi connectivity index (χ2n) is 4.66. The summed E-state index contributed by atoms with van der Waals surface area (Å²) >= 11 is 8.42. The zero-order valence-corrected chi connectivity index (χ0v) is 15.2. The summed E-state index contributed by atoms with van der Waals surface area (Å²) < 4.78 is 33.7. The molecule has 1 aromatic heterocycles. The third-order valence-electron chi connectivity index (χ3n) is 2.99. The van der Waals surface area contributed by atoms with Crippen molar-refractivity contribution in [1.29, 1.82) is 0 Å². The van der Waals surface area contributed by atoms with Crippen molar-refractivity contribution in [2.24, 2.45) is 0 Å². The fourth-order valence-electron chi connectivity index (χ4n) is 1.92. The van der Waals surface area contributed by atoms with Gasteiger partial charge in [0.25, 0.3) is 0 Å². The van der Waals surface area contributed by atoms with Gasteiger partial charge in [0, 0.05) is 24.2 Å². The molecule has 128 valence electrons. The Kier molecular flexibility index (Phi) is 6.80. The summed E-state index contributed by atoms with van der Waals surface area (Å²) in [5, 5.41) is 13.6. The number of hydrogen-bond acceptors (Lipinski definition) is 4. The van der Waals surface area contributed by atoms with E-state index in [1.54, 1.807) is 13.0 Å². The lowest BCUT2D eigenvalue weighted by atomic mass is 10.1. The van der Waals surface area contributed by atoms with Crippen LogP contribution in [0, 0.1) is 11.6 Å². The van der Waals surface area contributed by atoms with Gasteiger partial charge in [-0.2, -0.15) is 5.10 Å². The molecule has 0 bridgehead atoms. The van der Waals surface area contributed by atoms with E-state index in [4.69, 9.17) is 17.0 Å². The molecule has 0 spiro atoms. The standard InChI is InChI=1S/C15H15BrF2N4OS/c1-2-23-9-7-12(17)10(13(18)8-9)3-5-19-15(24)21-14-11(16)4-6-20-22-14/h4,6-8H,2-3,5H2,1H3,(H2,19,21,22,24). The molecule has 0 unspecified atom stereocenters. The first-order chi connectivity index (χ1) is 11.5. The Morgan fingerprint density at radius 1 is 1.33 bits per heavy atom. The number of thiocarbonyl (C=S) groups is 1. The molecule has 0 saturated heterocycles. The number of halogens is 3. The molecule has 0 amide bonds. The molecule has 9 heteroatoms. The number of nitrogens with one attached hydrogen (secondary N) is 2. The van der Waals surface area contributed by atoms with Gasteiger partial charge < -0.3 is 15.4 Å². The first kappa shape index (κ1) is 18.5. The van der Waals surface area contributed by atoms with Gasteiger partial charge in [-0.3, -0.25) is 0 Å². The molecule has 0 radical (unpaired) electrons. The maximum atomic E-state index is 13.9. The Morgan fingerprint density at radius 2 is 2.04 bits per heavy atom. The molecule has 2 N–H and O–H groups in total. The first-order valence-corrected chi connectivity index (χ1v) is 8.34. The van der Waals surface area contributed by atoms with E-state index in [0.717, 1.165) is 0 Å². The maximum Gasteiger partial charge on any atom is 0.172 e. The molecular weight excluding hydrogens is 402 g/mol. The van der Waals surface area contributed by atoms with Crippen LogP contribution in [0.25, 0.3) is 0 Å². The van der Waals surface area contributed by atoms with Crippen molar-refractivity contribution in [2.45, 2.75) is 13.3 Å². The summed E-state index contributed by atoms with van der Waals surface area (Å²) in [6, 6.07) is 4.06. The number of nitrogens with zero attached hydrogens (tertiary/aromatic N) is 2. The second kappa shape index (κ2) is 8.84. The molecule has 5 nitrogen and oxygen atoms in total. The number of hydrogen-bond donors (Lipinski definition) is 2. The van der Waals surface area contributed by atoms with E-state index in [-0.39, 0.29) is 29.4 Å². The molecule has 0 atom stereocenters. The van der Waals surface area contributed by atoms with Crippen LogP contribution < -0.4 is 15.4 Å². The van der Waals surface area contributed by atoms with Crippen molar-refractivity contribution in [3.63, 3.8) is 0 Å². The minimum Gasteiger partial charge on any atom is -0.494 e. The van der Waals surface area contributed by atoms with Gasteiger partial charge >= 0.3 is 0 Å². The highest BCUT2D eigenvalue weighted by Crippen LogP contribution is 2.21. The summed E-state index contributed by atoms with van der Waals surface area (Å²) in [7, 11) is 0. The van der Waals surface area contributed by atoms with Gasteiger partial charge in [0.1, 0.15) is 17.4 Å². The molecule has 1 aromatic carbocycles. The van der Waals surface area contributed by atoms with Crippen molar-refractivity contribution in [3.05, 3.63) is 46.1 Å². The topological polar surface area (TPSA) is 59.1 Å². The quantitative estimate of drug-likeness (QED) is 0.703. The highest BCUT2D eigenvalue weighted by Gasteiger charge is 2.12. The predicted molar refractivity (Wildman–Crippen MR) is 95.2 cm³/mol. The second-order valence-corrected chi connectivity index (χ2v) is 5.92. The summed E-state index contributed by atoms with van der Waals surface area (Å²) in [5.41, 5.74) is -0.0190. The molecular formula is C15H15BrF2N4OS. The van der Waals surface area contributed by atoms with Gasteiger partial charge in [0.15, 0.2) is 10.9 Å². The molecule has 2 rings (SSSR count). The minimum absolute atomic E-state index is 0.0190. The van der Waals surface area contributed by atoms with Crippen LogP contribution in [0.15, 0.2) is 28.9 Å². The van der Waals surface area contributed by atoms with Crippen LogP contribution in [0.1, 0.15) is 12.5 Å². The van der Waals surface area contributed by atoms with Gasteiger partial charge in [-0.15, -0.1) is 5.10 Å². The Hall–Kier alpha value is -1.87.